The smallest absolute Gasteiger partial charge is 0.0634 e. The van der Waals surface area contributed by atoms with Gasteiger partial charge in [0.05, 0.1) is 12.7 Å². The van der Waals surface area contributed by atoms with Gasteiger partial charge in [-0.2, -0.15) is 17.0 Å². The van der Waals surface area contributed by atoms with Crippen molar-refractivity contribution in [2.24, 2.45) is 0 Å². The quantitative estimate of drug-likeness (QED) is 0.659. The van der Waals surface area contributed by atoms with E-state index in [1.165, 1.54) is 0 Å². The fourth-order valence-corrected chi connectivity index (χ4v) is 1.43. The minimum atomic E-state index is 0.123. The van der Waals surface area contributed by atoms with Crippen LogP contribution in [0.25, 0.3) is 0 Å². The Morgan fingerprint density at radius 1 is 1.70 bits per heavy atom. The molecule has 0 rings (SSSR count). The highest BCUT2D eigenvalue weighted by Gasteiger charge is 2.04. The van der Waals surface area contributed by atoms with Crippen LogP contribution in [0.4, 0.5) is 0 Å². The lowest BCUT2D eigenvalue weighted by molar-refractivity contribution is 0.295. The lowest BCUT2D eigenvalue weighted by Crippen LogP contribution is -2.07. The highest BCUT2D eigenvalue weighted by Crippen LogP contribution is 2.13. The lowest BCUT2D eigenvalue weighted by Gasteiger charge is -2.07. The molecule has 1 atom stereocenters. The highest BCUT2D eigenvalue weighted by molar-refractivity contribution is 7.99. The molecule has 0 aliphatic carbocycles. The van der Waals surface area contributed by atoms with E-state index in [2.05, 4.69) is 6.92 Å². The Kier molecular flexibility index (Phi) is 6.78. The summed E-state index contributed by atoms with van der Waals surface area (Å²) >= 11 is 1.67. The molecular formula is C7H13NOS. The molecule has 2 nitrogen and oxygen atoms in total. The molecule has 0 radical (unpaired) electrons. The molecule has 0 aromatic heterocycles. The second kappa shape index (κ2) is 6.91. The van der Waals surface area contributed by atoms with E-state index in [0.29, 0.717) is 6.42 Å². The normalized spacial score (nSPS) is 12.5. The minimum absolute atomic E-state index is 0.123. The number of thioether (sulfide) groups is 1. The Morgan fingerprint density at radius 2 is 2.40 bits per heavy atom. The second-order valence-electron chi connectivity index (χ2n) is 2.04. The van der Waals surface area contributed by atoms with Crippen LogP contribution < -0.4 is 0 Å². The zero-order valence-corrected chi connectivity index (χ0v) is 7.02. The summed E-state index contributed by atoms with van der Waals surface area (Å²) in [5, 5.41) is 17.1. The molecule has 0 spiro atoms. The maximum Gasteiger partial charge on any atom is 0.0634 e. The molecule has 0 bridgehead atoms. The van der Waals surface area contributed by atoms with E-state index in [1.807, 2.05) is 6.07 Å². The number of rotatable bonds is 5. The average Bonchev–Trinajstić information content (AvgIpc) is 1.98. The zero-order chi connectivity index (χ0) is 7.82. The third-order valence-electron chi connectivity index (χ3n) is 1.08. The van der Waals surface area contributed by atoms with Crippen molar-refractivity contribution in [2.45, 2.75) is 25.0 Å². The van der Waals surface area contributed by atoms with Gasteiger partial charge >= 0.3 is 0 Å². The van der Waals surface area contributed by atoms with Gasteiger partial charge in [-0.25, -0.2) is 0 Å². The van der Waals surface area contributed by atoms with E-state index in [-0.39, 0.29) is 11.9 Å². The first-order valence-corrected chi connectivity index (χ1v) is 4.49. The zero-order valence-electron chi connectivity index (χ0n) is 6.21. The summed E-state index contributed by atoms with van der Waals surface area (Å²) in [5.41, 5.74) is 0. The first-order chi connectivity index (χ1) is 4.85. The Hall–Kier alpha value is -0.200. The highest BCUT2D eigenvalue weighted by atomic mass is 32.2. The monoisotopic (exact) mass is 159 g/mol. The van der Waals surface area contributed by atoms with E-state index < -0.39 is 0 Å². The van der Waals surface area contributed by atoms with Gasteiger partial charge in [0.25, 0.3) is 0 Å². The molecule has 1 unspecified atom stereocenters. The van der Waals surface area contributed by atoms with Crippen LogP contribution in [0.1, 0.15) is 19.8 Å². The van der Waals surface area contributed by atoms with Gasteiger partial charge in [-0.05, 0) is 12.2 Å². The molecule has 0 fully saturated rings. The van der Waals surface area contributed by atoms with E-state index in [1.54, 1.807) is 11.8 Å². The van der Waals surface area contributed by atoms with Gasteiger partial charge in [0, 0.05) is 11.7 Å². The topological polar surface area (TPSA) is 44.0 Å². The van der Waals surface area contributed by atoms with E-state index in [4.69, 9.17) is 10.4 Å². The minimum Gasteiger partial charge on any atom is -0.395 e. The van der Waals surface area contributed by atoms with Crippen LogP contribution in [-0.2, 0) is 0 Å². The maximum absolute atomic E-state index is 8.71. The van der Waals surface area contributed by atoms with Crippen LogP contribution >= 0.6 is 11.8 Å². The second-order valence-corrected chi connectivity index (χ2v) is 3.45. The summed E-state index contributed by atoms with van der Waals surface area (Å²) in [7, 11) is 0. The summed E-state index contributed by atoms with van der Waals surface area (Å²) in [6, 6.07) is 2.05. The Labute approximate surface area is 66.2 Å². The van der Waals surface area contributed by atoms with Crippen molar-refractivity contribution in [3.63, 3.8) is 0 Å². The molecule has 0 aliphatic rings. The number of nitrogens with zero attached hydrogens (tertiary/aromatic N) is 1. The summed E-state index contributed by atoms with van der Waals surface area (Å²) in [6.45, 7) is 2.21. The Bertz CT molecular complexity index is 111. The molecule has 58 valence electrons. The maximum atomic E-state index is 8.71. The molecule has 0 aromatic rings. The number of aliphatic hydroxyl groups is 1. The van der Waals surface area contributed by atoms with Crippen molar-refractivity contribution in [1.82, 2.24) is 0 Å². The van der Waals surface area contributed by atoms with Crippen molar-refractivity contribution < 1.29 is 5.11 Å². The average molecular weight is 159 g/mol. The van der Waals surface area contributed by atoms with Gasteiger partial charge in [-0.1, -0.05) is 6.92 Å². The first kappa shape index (κ1) is 9.80. The molecule has 0 amide bonds. The van der Waals surface area contributed by atoms with Gasteiger partial charge in [-0.3, -0.25) is 0 Å². The molecular weight excluding hydrogens is 146 g/mol. The van der Waals surface area contributed by atoms with Crippen LogP contribution in [0.5, 0.6) is 0 Å². The molecule has 1 N–H and O–H groups in total. The fourth-order valence-electron chi connectivity index (χ4n) is 0.563. The molecule has 0 aliphatic heterocycles. The van der Waals surface area contributed by atoms with Crippen molar-refractivity contribution in [3.05, 3.63) is 0 Å². The van der Waals surface area contributed by atoms with Crippen molar-refractivity contribution in [3.8, 4) is 6.07 Å². The number of hydrogen-bond donors (Lipinski definition) is 1. The van der Waals surface area contributed by atoms with Gasteiger partial charge in [0.15, 0.2) is 0 Å². The van der Waals surface area contributed by atoms with Gasteiger partial charge in [0.2, 0.25) is 0 Å². The van der Waals surface area contributed by atoms with Crippen LogP contribution in [0.15, 0.2) is 0 Å². The van der Waals surface area contributed by atoms with E-state index >= 15 is 0 Å². The molecule has 0 saturated carbocycles. The molecule has 3 heteroatoms. The Morgan fingerprint density at radius 3 is 2.80 bits per heavy atom. The molecule has 0 aromatic carbocycles. The SMILES string of the molecule is CCCSC(CO)CC#N. The van der Waals surface area contributed by atoms with Gasteiger partial charge in [-0.15, -0.1) is 0 Å². The number of nitriles is 1. The van der Waals surface area contributed by atoms with Crippen molar-refractivity contribution in [1.29, 1.82) is 5.26 Å². The summed E-state index contributed by atoms with van der Waals surface area (Å²) < 4.78 is 0. The lowest BCUT2D eigenvalue weighted by atomic mass is 10.3. The van der Waals surface area contributed by atoms with Crippen LogP contribution in [0, 0.1) is 11.3 Å². The summed E-state index contributed by atoms with van der Waals surface area (Å²) in [6.07, 6.45) is 1.56. The van der Waals surface area contributed by atoms with E-state index in [0.717, 1.165) is 12.2 Å². The standard InChI is InChI=1S/C7H13NOS/c1-2-5-10-7(6-9)3-4-8/h7,9H,2-3,5-6H2,1H3. The number of aliphatic hydroxyl groups excluding tert-OH is 1. The predicted molar refractivity (Wildman–Crippen MR) is 43.9 cm³/mol. The summed E-state index contributed by atoms with van der Waals surface area (Å²) in [5.74, 6) is 1.03. The largest absolute Gasteiger partial charge is 0.395 e. The summed E-state index contributed by atoms with van der Waals surface area (Å²) in [4.78, 5) is 0. The van der Waals surface area contributed by atoms with E-state index in [9.17, 15) is 0 Å². The molecule has 0 heterocycles. The Balaban J connectivity index is 3.32. The molecule has 0 saturated heterocycles. The molecule has 10 heavy (non-hydrogen) atoms. The first-order valence-electron chi connectivity index (χ1n) is 3.44. The third kappa shape index (κ3) is 4.66. The van der Waals surface area contributed by atoms with Gasteiger partial charge < -0.3 is 5.11 Å². The van der Waals surface area contributed by atoms with Crippen LogP contribution in [0.3, 0.4) is 0 Å². The number of hydrogen-bond acceptors (Lipinski definition) is 3. The van der Waals surface area contributed by atoms with Crippen LogP contribution in [-0.4, -0.2) is 22.7 Å². The predicted octanol–water partition coefficient (Wildman–Crippen LogP) is 1.40. The fraction of sp³-hybridized carbons (Fsp3) is 0.857. The van der Waals surface area contributed by atoms with Crippen molar-refractivity contribution >= 4 is 11.8 Å². The van der Waals surface area contributed by atoms with Gasteiger partial charge in [0.1, 0.15) is 0 Å². The third-order valence-corrected chi connectivity index (χ3v) is 2.51. The van der Waals surface area contributed by atoms with Crippen LogP contribution in [0.2, 0.25) is 0 Å². The van der Waals surface area contributed by atoms with Crippen molar-refractivity contribution in [2.75, 3.05) is 12.4 Å².